The molecular formula is C15H21N3O2. The van der Waals surface area contributed by atoms with Crippen molar-refractivity contribution in [1.29, 1.82) is 0 Å². The fourth-order valence-electron chi connectivity index (χ4n) is 2.17. The van der Waals surface area contributed by atoms with Crippen LogP contribution in [0.2, 0.25) is 0 Å². The van der Waals surface area contributed by atoms with Gasteiger partial charge in [0.25, 0.3) is 0 Å². The molecule has 1 unspecified atom stereocenters. The zero-order valence-corrected chi connectivity index (χ0v) is 12.6. The highest BCUT2D eigenvalue weighted by Crippen LogP contribution is 2.29. The number of rotatable bonds is 4. The summed E-state index contributed by atoms with van der Waals surface area (Å²) in [4.78, 5) is 4.40. The Hall–Kier alpha value is -1.88. The van der Waals surface area contributed by atoms with Gasteiger partial charge in [-0.05, 0) is 43.0 Å². The molecule has 0 aliphatic heterocycles. The SMILES string of the molecule is COc1c(C)cc(-c2noc(C(N)C(C)C)n2)cc1C. The first-order chi connectivity index (χ1) is 9.43. The molecule has 0 bridgehead atoms. The molecule has 2 aromatic rings. The zero-order valence-electron chi connectivity index (χ0n) is 12.6. The molecule has 2 N–H and O–H groups in total. The van der Waals surface area contributed by atoms with E-state index in [1.807, 2.05) is 39.8 Å². The van der Waals surface area contributed by atoms with Gasteiger partial charge in [-0.1, -0.05) is 19.0 Å². The van der Waals surface area contributed by atoms with E-state index in [1.165, 1.54) is 0 Å². The third-order valence-corrected chi connectivity index (χ3v) is 3.37. The number of benzene rings is 1. The highest BCUT2D eigenvalue weighted by Gasteiger charge is 2.19. The van der Waals surface area contributed by atoms with E-state index in [4.69, 9.17) is 15.0 Å². The average Bonchev–Trinajstić information content (AvgIpc) is 2.86. The van der Waals surface area contributed by atoms with E-state index in [9.17, 15) is 0 Å². The lowest BCUT2D eigenvalue weighted by Crippen LogP contribution is -2.16. The second-order valence-electron chi connectivity index (χ2n) is 5.37. The number of hydrogen-bond acceptors (Lipinski definition) is 5. The van der Waals surface area contributed by atoms with Crippen LogP contribution in [-0.4, -0.2) is 17.3 Å². The third-order valence-electron chi connectivity index (χ3n) is 3.37. The molecule has 1 atom stereocenters. The van der Waals surface area contributed by atoms with Crippen molar-refractivity contribution in [3.63, 3.8) is 0 Å². The van der Waals surface area contributed by atoms with Crippen LogP contribution in [-0.2, 0) is 0 Å². The molecule has 0 fully saturated rings. The van der Waals surface area contributed by atoms with Crippen molar-refractivity contribution in [3.05, 3.63) is 29.2 Å². The van der Waals surface area contributed by atoms with Crippen molar-refractivity contribution in [2.75, 3.05) is 7.11 Å². The molecule has 5 heteroatoms. The van der Waals surface area contributed by atoms with Crippen molar-refractivity contribution in [3.8, 4) is 17.1 Å². The Balaban J connectivity index is 2.38. The fraction of sp³-hybridized carbons (Fsp3) is 0.467. The smallest absolute Gasteiger partial charge is 0.244 e. The summed E-state index contributed by atoms with van der Waals surface area (Å²) in [6, 6.07) is 3.74. The molecular weight excluding hydrogens is 254 g/mol. The summed E-state index contributed by atoms with van der Waals surface area (Å²) in [5, 5.41) is 4.02. The summed E-state index contributed by atoms with van der Waals surface area (Å²) in [5.41, 5.74) is 9.01. The van der Waals surface area contributed by atoms with Crippen molar-refractivity contribution in [2.45, 2.75) is 33.7 Å². The van der Waals surface area contributed by atoms with Gasteiger partial charge >= 0.3 is 0 Å². The molecule has 0 aliphatic carbocycles. The number of methoxy groups -OCH3 is 1. The van der Waals surface area contributed by atoms with Crippen molar-refractivity contribution >= 4 is 0 Å². The van der Waals surface area contributed by atoms with Gasteiger partial charge in [0.1, 0.15) is 5.75 Å². The van der Waals surface area contributed by atoms with E-state index < -0.39 is 0 Å². The van der Waals surface area contributed by atoms with Crippen LogP contribution in [0.25, 0.3) is 11.4 Å². The Morgan fingerprint density at radius 1 is 1.20 bits per heavy atom. The number of nitrogens with zero attached hydrogens (tertiary/aromatic N) is 2. The number of hydrogen-bond donors (Lipinski definition) is 1. The maximum Gasteiger partial charge on any atom is 0.244 e. The van der Waals surface area contributed by atoms with Crippen LogP contribution < -0.4 is 10.5 Å². The first-order valence-corrected chi connectivity index (χ1v) is 6.68. The first kappa shape index (κ1) is 14.5. The molecule has 0 saturated carbocycles. The minimum atomic E-state index is -0.239. The molecule has 5 nitrogen and oxygen atoms in total. The Bertz CT molecular complexity index is 582. The maximum atomic E-state index is 6.02. The molecule has 0 aliphatic rings. The predicted octanol–water partition coefficient (Wildman–Crippen LogP) is 3.02. The van der Waals surface area contributed by atoms with Gasteiger partial charge in [-0.2, -0.15) is 4.98 Å². The van der Waals surface area contributed by atoms with Crippen LogP contribution >= 0.6 is 0 Å². The molecule has 1 heterocycles. The summed E-state index contributed by atoms with van der Waals surface area (Å²) in [6.07, 6.45) is 0. The molecule has 0 radical (unpaired) electrons. The summed E-state index contributed by atoms with van der Waals surface area (Å²) in [6.45, 7) is 8.04. The topological polar surface area (TPSA) is 74.2 Å². The molecule has 2 rings (SSSR count). The van der Waals surface area contributed by atoms with Gasteiger partial charge in [0.15, 0.2) is 0 Å². The van der Waals surface area contributed by atoms with Crippen LogP contribution in [0, 0.1) is 19.8 Å². The summed E-state index contributed by atoms with van der Waals surface area (Å²) >= 11 is 0. The zero-order chi connectivity index (χ0) is 14.9. The highest BCUT2D eigenvalue weighted by molar-refractivity contribution is 5.60. The molecule has 0 saturated heterocycles. The molecule has 0 spiro atoms. The van der Waals surface area contributed by atoms with Gasteiger partial charge in [-0.3, -0.25) is 0 Å². The maximum absolute atomic E-state index is 6.02. The minimum absolute atomic E-state index is 0.239. The van der Waals surface area contributed by atoms with Crippen molar-refractivity contribution < 1.29 is 9.26 Å². The molecule has 108 valence electrons. The Kier molecular flexibility index (Phi) is 4.09. The highest BCUT2D eigenvalue weighted by atomic mass is 16.5. The molecule has 0 amide bonds. The van der Waals surface area contributed by atoms with Crippen LogP contribution in [0.3, 0.4) is 0 Å². The summed E-state index contributed by atoms with van der Waals surface area (Å²) in [5.74, 6) is 2.17. The predicted molar refractivity (Wildman–Crippen MR) is 77.5 cm³/mol. The molecule has 20 heavy (non-hydrogen) atoms. The van der Waals surface area contributed by atoms with Gasteiger partial charge in [-0.25, -0.2) is 0 Å². The quantitative estimate of drug-likeness (QED) is 0.928. The molecule has 1 aromatic carbocycles. The van der Waals surface area contributed by atoms with E-state index in [0.717, 1.165) is 22.4 Å². The lowest BCUT2D eigenvalue weighted by atomic mass is 10.0. The molecule has 1 aromatic heterocycles. The van der Waals surface area contributed by atoms with Crippen molar-refractivity contribution in [2.24, 2.45) is 11.7 Å². The van der Waals surface area contributed by atoms with E-state index in [1.54, 1.807) is 7.11 Å². The summed E-state index contributed by atoms with van der Waals surface area (Å²) in [7, 11) is 1.67. The standard InChI is InChI=1S/C15H21N3O2/c1-8(2)12(16)15-17-14(18-20-15)11-6-9(3)13(19-5)10(4)7-11/h6-8,12H,16H2,1-5H3. The van der Waals surface area contributed by atoms with E-state index in [-0.39, 0.29) is 12.0 Å². The van der Waals surface area contributed by atoms with Crippen molar-refractivity contribution in [1.82, 2.24) is 10.1 Å². The second-order valence-corrected chi connectivity index (χ2v) is 5.37. The van der Waals surface area contributed by atoms with Gasteiger partial charge in [0.2, 0.25) is 11.7 Å². The first-order valence-electron chi connectivity index (χ1n) is 6.68. The van der Waals surface area contributed by atoms with E-state index in [2.05, 4.69) is 10.1 Å². The van der Waals surface area contributed by atoms with E-state index >= 15 is 0 Å². The van der Waals surface area contributed by atoms with Crippen LogP contribution in [0.1, 0.15) is 36.9 Å². The third kappa shape index (κ3) is 2.67. The van der Waals surface area contributed by atoms with Crippen LogP contribution in [0.15, 0.2) is 16.7 Å². The Morgan fingerprint density at radius 3 is 2.30 bits per heavy atom. The second kappa shape index (κ2) is 5.63. The van der Waals surface area contributed by atoms with Crippen LogP contribution in [0.4, 0.5) is 0 Å². The van der Waals surface area contributed by atoms with Gasteiger partial charge in [-0.15, -0.1) is 0 Å². The normalized spacial score (nSPS) is 12.8. The largest absolute Gasteiger partial charge is 0.496 e. The van der Waals surface area contributed by atoms with Gasteiger partial charge in [0.05, 0.1) is 13.2 Å². The van der Waals surface area contributed by atoms with Crippen LogP contribution in [0.5, 0.6) is 5.75 Å². The van der Waals surface area contributed by atoms with Gasteiger partial charge < -0.3 is 15.0 Å². The average molecular weight is 275 g/mol. The lowest BCUT2D eigenvalue weighted by Gasteiger charge is -2.10. The summed E-state index contributed by atoms with van der Waals surface area (Å²) < 4.78 is 10.6. The fourth-order valence-corrected chi connectivity index (χ4v) is 2.17. The van der Waals surface area contributed by atoms with Gasteiger partial charge in [0, 0.05) is 5.56 Å². The monoisotopic (exact) mass is 275 g/mol. The Morgan fingerprint density at radius 2 is 1.80 bits per heavy atom. The number of aryl methyl sites for hydroxylation is 2. The number of ether oxygens (including phenoxy) is 1. The number of aromatic nitrogens is 2. The van der Waals surface area contributed by atoms with E-state index in [0.29, 0.717) is 11.7 Å². The Labute approximate surface area is 119 Å². The lowest BCUT2D eigenvalue weighted by molar-refractivity contribution is 0.325. The minimum Gasteiger partial charge on any atom is -0.496 e. The number of nitrogens with two attached hydrogens (primary N) is 1.